The predicted octanol–water partition coefficient (Wildman–Crippen LogP) is -0.209. The number of aryl methyl sites for hydroxylation is 1. The van der Waals surface area contributed by atoms with Crippen LogP contribution in [0.5, 0.6) is 0 Å². The summed E-state index contributed by atoms with van der Waals surface area (Å²) in [6.07, 6.45) is 3.52. The zero-order chi connectivity index (χ0) is 7.40. The van der Waals surface area contributed by atoms with Crippen molar-refractivity contribution in [3.05, 3.63) is 12.5 Å². The van der Waals surface area contributed by atoms with Crippen molar-refractivity contribution in [2.24, 2.45) is 12.8 Å². The summed E-state index contributed by atoms with van der Waals surface area (Å²) in [5, 5.41) is 3.12. The molecular weight excluding hydrogens is 128 g/mol. The summed E-state index contributed by atoms with van der Waals surface area (Å²) in [7, 11) is 1.94. The maximum absolute atomic E-state index is 5.30. The number of imidazole rings is 1. The van der Waals surface area contributed by atoms with Crippen LogP contribution in [0.1, 0.15) is 0 Å². The van der Waals surface area contributed by atoms with Gasteiger partial charge in [-0.1, -0.05) is 0 Å². The van der Waals surface area contributed by atoms with Gasteiger partial charge in [0, 0.05) is 20.1 Å². The summed E-state index contributed by atoms with van der Waals surface area (Å²) in [6.45, 7) is 1.44. The molecule has 1 heterocycles. The van der Waals surface area contributed by atoms with E-state index in [2.05, 4.69) is 10.3 Å². The van der Waals surface area contributed by atoms with Gasteiger partial charge in [-0.25, -0.2) is 4.98 Å². The van der Waals surface area contributed by atoms with Crippen molar-refractivity contribution in [2.75, 3.05) is 18.4 Å². The van der Waals surface area contributed by atoms with E-state index in [-0.39, 0.29) is 0 Å². The lowest BCUT2D eigenvalue weighted by Gasteiger charge is -2.02. The van der Waals surface area contributed by atoms with Crippen molar-refractivity contribution in [3.8, 4) is 0 Å². The zero-order valence-corrected chi connectivity index (χ0v) is 6.04. The molecule has 0 aromatic carbocycles. The number of nitrogens with two attached hydrogens (primary N) is 1. The molecule has 1 aromatic rings. The quantitative estimate of drug-likeness (QED) is 0.611. The van der Waals surface area contributed by atoms with E-state index in [0.29, 0.717) is 6.54 Å². The van der Waals surface area contributed by atoms with E-state index < -0.39 is 0 Å². The Morgan fingerprint density at radius 1 is 1.80 bits per heavy atom. The average molecular weight is 140 g/mol. The molecule has 4 heteroatoms. The van der Waals surface area contributed by atoms with Gasteiger partial charge in [-0.3, -0.25) is 0 Å². The molecule has 0 unspecified atom stereocenters. The van der Waals surface area contributed by atoms with Crippen molar-refractivity contribution in [1.29, 1.82) is 0 Å². The molecule has 0 fully saturated rings. The van der Waals surface area contributed by atoms with Crippen molar-refractivity contribution >= 4 is 5.82 Å². The number of rotatable bonds is 3. The molecule has 0 saturated heterocycles. The Morgan fingerprint density at radius 2 is 2.60 bits per heavy atom. The molecule has 10 heavy (non-hydrogen) atoms. The second kappa shape index (κ2) is 3.22. The third-order valence-corrected chi connectivity index (χ3v) is 1.27. The van der Waals surface area contributed by atoms with Crippen LogP contribution >= 0.6 is 0 Å². The Balaban J connectivity index is 2.49. The molecule has 4 nitrogen and oxygen atoms in total. The molecule has 0 aliphatic heterocycles. The van der Waals surface area contributed by atoms with Crippen molar-refractivity contribution in [3.63, 3.8) is 0 Å². The van der Waals surface area contributed by atoms with Gasteiger partial charge in [0.2, 0.25) is 0 Å². The number of aromatic nitrogens is 2. The van der Waals surface area contributed by atoms with Gasteiger partial charge in [-0.2, -0.15) is 0 Å². The van der Waals surface area contributed by atoms with Crippen LogP contribution in [-0.2, 0) is 7.05 Å². The Kier molecular flexibility index (Phi) is 2.28. The largest absolute Gasteiger partial charge is 0.369 e. The van der Waals surface area contributed by atoms with Gasteiger partial charge in [-0.05, 0) is 0 Å². The third-order valence-electron chi connectivity index (χ3n) is 1.27. The summed E-state index contributed by atoms with van der Waals surface area (Å²) in [5.74, 6) is 1.01. The first-order valence-electron chi connectivity index (χ1n) is 3.25. The Bertz CT molecular complexity index is 193. The first-order valence-corrected chi connectivity index (χ1v) is 3.25. The average Bonchev–Trinajstić information content (AvgIpc) is 2.31. The minimum absolute atomic E-state index is 0.644. The molecule has 1 rings (SSSR count). The fourth-order valence-electron chi connectivity index (χ4n) is 0.728. The molecular formula is C6H12N4. The molecule has 0 aliphatic rings. The van der Waals surface area contributed by atoms with E-state index in [1.54, 1.807) is 12.5 Å². The van der Waals surface area contributed by atoms with E-state index in [9.17, 15) is 0 Å². The van der Waals surface area contributed by atoms with Crippen LogP contribution in [0, 0.1) is 0 Å². The molecule has 0 spiro atoms. The number of nitrogens with zero attached hydrogens (tertiary/aromatic N) is 2. The number of nitrogens with one attached hydrogen (secondary N) is 1. The highest BCUT2D eigenvalue weighted by molar-refractivity contribution is 5.32. The van der Waals surface area contributed by atoms with E-state index in [1.807, 2.05) is 11.6 Å². The van der Waals surface area contributed by atoms with Crippen LogP contribution in [0.15, 0.2) is 12.5 Å². The molecule has 1 aromatic heterocycles. The summed E-state index contributed by atoms with van der Waals surface area (Å²) < 4.78 is 1.91. The molecule has 0 aliphatic carbocycles. The van der Waals surface area contributed by atoms with Crippen LogP contribution in [-0.4, -0.2) is 22.6 Å². The van der Waals surface area contributed by atoms with Crippen LogP contribution in [0.4, 0.5) is 5.82 Å². The van der Waals surface area contributed by atoms with Crippen LogP contribution in [0.2, 0.25) is 0 Å². The lowest BCUT2D eigenvalue weighted by Crippen LogP contribution is -2.14. The molecule has 0 saturated carbocycles. The standard InChI is InChI=1S/C6H12N4/c1-10-5-8-4-6(10)9-3-2-7/h4-5,9H,2-3,7H2,1H3. The van der Waals surface area contributed by atoms with Gasteiger partial charge in [0.15, 0.2) is 0 Å². The van der Waals surface area contributed by atoms with Crippen LogP contribution in [0.25, 0.3) is 0 Å². The third kappa shape index (κ3) is 1.48. The van der Waals surface area contributed by atoms with E-state index in [0.717, 1.165) is 12.4 Å². The molecule has 3 N–H and O–H groups in total. The number of hydrogen-bond acceptors (Lipinski definition) is 3. The smallest absolute Gasteiger partial charge is 0.125 e. The fourth-order valence-corrected chi connectivity index (χ4v) is 0.728. The lowest BCUT2D eigenvalue weighted by molar-refractivity contribution is 0.897. The minimum atomic E-state index is 0.644. The highest BCUT2D eigenvalue weighted by atomic mass is 15.1. The topological polar surface area (TPSA) is 55.9 Å². The minimum Gasteiger partial charge on any atom is -0.369 e. The molecule has 56 valence electrons. The molecule has 0 amide bonds. The molecule has 0 bridgehead atoms. The van der Waals surface area contributed by atoms with Gasteiger partial charge in [0.05, 0.1) is 12.5 Å². The fraction of sp³-hybridized carbons (Fsp3) is 0.500. The Hall–Kier alpha value is -1.03. The van der Waals surface area contributed by atoms with E-state index in [1.165, 1.54) is 0 Å². The summed E-state index contributed by atoms with van der Waals surface area (Å²) >= 11 is 0. The Labute approximate surface area is 60.1 Å². The van der Waals surface area contributed by atoms with Crippen LogP contribution < -0.4 is 11.1 Å². The van der Waals surface area contributed by atoms with Gasteiger partial charge < -0.3 is 15.6 Å². The monoisotopic (exact) mass is 140 g/mol. The van der Waals surface area contributed by atoms with Gasteiger partial charge in [0.1, 0.15) is 5.82 Å². The molecule has 0 atom stereocenters. The molecule has 0 radical (unpaired) electrons. The Morgan fingerprint density at radius 3 is 3.10 bits per heavy atom. The maximum Gasteiger partial charge on any atom is 0.125 e. The second-order valence-corrected chi connectivity index (χ2v) is 2.11. The van der Waals surface area contributed by atoms with Crippen molar-refractivity contribution < 1.29 is 0 Å². The van der Waals surface area contributed by atoms with E-state index in [4.69, 9.17) is 5.73 Å². The van der Waals surface area contributed by atoms with Crippen molar-refractivity contribution in [2.45, 2.75) is 0 Å². The number of hydrogen-bond donors (Lipinski definition) is 2. The summed E-state index contributed by atoms with van der Waals surface area (Å²) in [6, 6.07) is 0. The van der Waals surface area contributed by atoms with Crippen LogP contribution in [0.3, 0.4) is 0 Å². The van der Waals surface area contributed by atoms with Gasteiger partial charge >= 0.3 is 0 Å². The zero-order valence-electron chi connectivity index (χ0n) is 6.04. The first kappa shape index (κ1) is 7.08. The highest BCUT2D eigenvalue weighted by Gasteiger charge is 1.92. The lowest BCUT2D eigenvalue weighted by atomic mass is 10.6. The second-order valence-electron chi connectivity index (χ2n) is 2.11. The van der Waals surface area contributed by atoms with Crippen molar-refractivity contribution in [1.82, 2.24) is 9.55 Å². The SMILES string of the molecule is Cn1cncc1NCCN. The normalized spacial score (nSPS) is 9.80. The highest BCUT2D eigenvalue weighted by Crippen LogP contribution is 2.00. The number of anilines is 1. The summed E-state index contributed by atoms with van der Waals surface area (Å²) in [4.78, 5) is 3.93. The van der Waals surface area contributed by atoms with Gasteiger partial charge in [-0.15, -0.1) is 0 Å². The van der Waals surface area contributed by atoms with E-state index >= 15 is 0 Å². The van der Waals surface area contributed by atoms with Gasteiger partial charge in [0.25, 0.3) is 0 Å². The predicted molar refractivity (Wildman–Crippen MR) is 40.8 cm³/mol. The first-order chi connectivity index (χ1) is 4.84. The maximum atomic E-state index is 5.30. The summed E-state index contributed by atoms with van der Waals surface area (Å²) in [5.41, 5.74) is 5.30.